The van der Waals surface area contributed by atoms with Crippen LogP contribution >= 0.6 is 35.1 Å². The third-order valence-corrected chi connectivity index (χ3v) is 5.90. The molecule has 2 nitrogen and oxygen atoms in total. The van der Waals surface area contributed by atoms with E-state index in [1.165, 1.54) is 22.4 Å². The van der Waals surface area contributed by atoms with Gasteiger partial charge in [-0.3, -0.25) is 0 Å². The van der Waals surface area contributed by atoms with Crippen molar-refractivity contribution in [2.24, 2.45) is 0 Å². The summed E-state index contributed by atoms with van der Waals surface area (Å²) in [7, 11) is 0. The zero-order valence-electron chi connectivity index (χ0n) is 13.7. The summed E-state index contributed by atoms with van der Waals surface area (Å²) in [6, 6.07) is 16.4. The number of nitrogens with one attached hydrogen (secondary N) is 1. The third kappa shape index (κ3) is 3.34. The van der Waals surface area contributed by atoms with Crippen molar-refractivity contribution in [3.8, 4) is 0 Å². The van der Waals surface area contributed by atoms with Crippen LogP contribution in [0.4, 0.5) is 0 Å². The summed E-state index contributed by atoms with van der Waals surface area (Å²) in [5, 5.41) is 1.54. The highest BCUT2D eigenvalue weighted by atomic mass is 35.5. The van der Waals surface area contributed by atoms with Crippen LogP contribution in [0.5, 0.6) is 0 Å². The topological polar surface area (TPSA) is 15.3 Å². The van der Waals surface area contributed by atoms with Crippen molar-refractivity contribution in [1.82, 2.24) is 9.84 Å². The molecule has 1 aliphatic carbocycles. The molecule has 128 valence electrons. The molecule has 25 heavy (non-hydrogen) atoms. The van der Waals surface area contributed by atoms with Gasteiger partial charge in [-0.1, -0.05) is 65.5 Å². The molecule has 1 N–H and O–H groups in total. The highest BCUT2D eigenvalue weighted by Crippen LogP contribution is 2.46. The van der Waals surface area contributed by atoms with Crippen molar-refractivity contribution < 1.29 is 0 Å². The van der Waals surface area contributed by atoms with Crippen molar-refractivity contribution in [1.29, 1.82) is 0 Å². The predicted octanol–water partition coefficient (Wildman–Crippen LogP) is 5.78. The normalized spacial score (nSPS) is 22.8. The SMILES string of the molecule is CSN1CC2=C(C=CC(c3cccc(Cl)c3)C2c2cccc(Cl)c2)N1. The van der Waals surface area contributed by atoms with Crippen LogP contribution in [0.3, 0.4) is 0 Å². The third-order valence-electron chi connectivity index (χ3n) is 4.77. The van der Waals surface area contributed by atoms with E-state index in [0.29, 0.717) is 0 Å². The quantitative estimate of drug-likeness (QED) is 0.670. The van der Waals surface area contributed by atoms with Crippen LogP contribution < -0.4 is 5.43 Å². The molecule has 5 heteroatoms. The Labute approximate surface area is 162 Å². The number of hydrogen-bond acceptors (Lipinski definition) is 3. The highest BCUT2D eigenvalue weighted by Gasteiger charge is 2.35. The Kier molecular flexibility index (Phi) is 4.83. The van der Waals surface area contributed by atoms with Gasteiger partial charge in [-0.25, -0.2) is 0 Å². The van der Waals surface area contributed by atoms with Crippen molar-refractivity contribution in [3.63, 3.8) is 0 Å². The van der Waals surface area contributed by atoms with Crippen molar-refractivity contribution >= 4 is 35.1 Å². The van der Waals surface area contributed by atoms with Gasteiger partial charge in [0.1, 0.15) is 0 Å². The van der Waals surface area contributed by atoms with Crippen molar-refractivity contribution in [2.45, 2.75) is 11.8 Å². The van der Waals surface area contributed by atoms with Gasteiger partial charge in [0.05, 0.1) is 12.2 Å². The first-order valence-corrected chi connectivity index (χ1v) is 10.1. The Balaban J connectivity index is 1.80. The molecule has 2 atom stereocenters. The van der Waals surface area contributed by atoms with E-state index >= 15 is 0 Å². The first-order chi connectivity index (χ1) is 12.2. The molecular formula is C20H18Cl2N2S. The predicted molar refractivity (Wildman–Crippen MR) is 108 cm³/mol. The second-order valence-corrected chi connectivity index (χ2v) is 7.92. The molecule has 0 saturated carbocycles. The first kappa shape index (κ1) is 17.0. The summed E-state index contributed by atoms with van der Waals surface area (Å²) >= 11 is 14.3. The van der Waals surface area contributed by atoms with Crippen LogP contribution in [-0.4, -0.2) is 17.2 Å². The van der Waals surface area contributed by atoms with Gasteiger partial charge in [-0.05, 0) is 53.3 Å². The molecule has 0 saturated heterocycles. The Hall–Kier alpha value is -1.39. The summed E-state index contributed by atoms with van der Waals surface area (Å²) < 4.78 is 2.16. The Morgan fingerprint density at radius 3 is 2.40 bits per heavy atom. The Bertz CT molecular complexity index is 862. The smallest absolute Gasteiger partial charge is 0.0533 e. The van der Waals surface area contributed by atoms with Crippen molar-refractivity contribution in [3.05, 3.63) is 93.1 Å². The van der Waals surface area contributed by atoms with E-state index < -0.39 is 0 Å². The standard InChI is InChI=1S/C20H18Cl2N2S/c1-25-24-12-18-19(23-24)9-8-17(13-4-2-6-15(21)10-13)20(18)14-5-3-7-16(22)11-14/h2-11,17,20,23H,12H2,1H3. The molecule has 2 aromatic rings. The van der Waals surface area contributed by atoms with E-state index in [4.69, 9.17) is 23.2 Å². The zero-order chi connectivity index (χ0) is 17.4. The first-order valence-electron chi connectivity index (χ1n) is 8.16. The van der Waals surface area contributed by atoms with E-state index in [9.17, 15) is 0 Å². The molecule has 0 fully saturated rings. The number of rotatable bonds is 3. The minimum absolute atomic E-state index is 0.236. The second-order valence-electron chi connectivity index (χ2n) is 6.24. The van der Waals surface area contributed by atoms with E-state index in [1.54, 1.807) is 11.9 Å². The molecule has 2 unspecified atom stereocenters. The van der Waals surface area contributed by atoms with Gasteiger partial charge < -0.3 is 5.43 Å². The maximum atomic E-state index is 6.30. The molecular weight excluding hydrogens is 371 g/mol. The number of nitrogens with zero attached hydrogens (tertiary/aromatic N) is 1. The van der Waals surface area contributed by atoms with Gasteiger partial charge in [0.25, 0.3) is 0 Å². The van der Waals surface area contributed by atoms with Gasteiger partial charge in [-0.2, -0.15) is 4.41 Å². The number of allylic oxidation sites excluding steroid dienone is 2. The van der Waals surface area contributed by atoms with Crippen LogP contribution in [0.2, 0.25) is 10.0 Å². The lowest BCUT2D eigenvalue weighted by Crippen LogP contribution is -2.24. The largest absolute Gasteiger partial charge is 0.309 e. The number of halogens is 2. The van der Waals surface area contributed by atoms with E-state index in [1.807, 2.05) is 24.3 Å². The van der Waals surface area contributed by atoms with Crippen LogP contribution in [0.1, 0.15) is 23.0 Å². The molecule has 0 radical (unpaired) electrons. The van der Waals surface area contributed by atoms with Gasteiger partial charge in [0, 0.05) is 21.9 Å². The lowest BCUT2D eigenvalue weighted by Gasteiger charge is -2.30. The number of benzene rings is 2. The number of hydrazine groups is 1. The van der Waals surface area contributed by atoms with Gasteiger partial charge >= 0.3 is 0 Å². The lowest BCUT2D eigenvalue weighted by molar-refractivity contribution is 0.466. The minimum atomic E-state index is 0.236. The molecule has 2 aliphatic rings. The van der Waals surface area contributed by atoms with Crippen LogP contribution in [0.15, 0.2) is 72.0 Å². The van der Waals surface area contributed by atoms with E-state index in [0.717, 1.165) is 16.6 Å². The van der Waals surface area contributed by atoms with E-state index in [2.05, 4.69) is 52.5 Å². The highest BCUT2D eigenvalue weighted by molar-refractivity contribution is 7.96. The molecule has 0 bridgehead atoms. The Morgan fingerprint density at radius 2 is 1.72 bits per heavy atom. The molecule has 0 spiro atoms. The fourth-order valence-corrected chi connectivity index (χ4v) is 4.52. The molecule has 0 aromatic heterocycles. The van der Waals surface area contributed by atoms with Gasteiger partial charge in [0.15, 0.2) is 0 Å². The fourth-order valence-electron chi connectivity index (χ4n) is 3.66. The number of hydrogen-bond donors (Lipinski definition) is 1. The maximum Gasteiger partial charge on any atom is 0.0533 e. The average molecular weight is 389 g/mol. The zero-order valence-corrected chi connectivity index (χ0v) is 16.1. The molecule has 2 aromatic carbocycles. The second kappa shape index (κ2) is 7.08. The van der Waals surface area contributed by atoms with Gasteiger partial charge in [0.2, 0.25) is 0 Å². The van der Waals surface area contributed by atoms with Crippen molar-refractivity contribution in [2.75, 3.05) is 12.8 Å². The van der Waals surface area contributed by atoms with E-state index in [-0.39, 0.29) is 11.8 Å². The summed E-state index contributed by atoms with van der Waals surface area (Å²) in [6.07, 6.45) is 6.54. The van der Waals surface area contributed by atoms with Crippen LogP contribution in [0, 0.1) is 0 Å². The molecule has 1 aliphatic heterocycles. The monoisotopic (exact) mass is 388 g/mol. The summed E-state index contributed by atoms with van der Waals surface area (Å²) in [5.74, 6) is 0.473. The summed E-state index contributed by atoms with van der Waals surface area (Å²) in [4.78, 5) is 0. The molecule has 4 rings (SSSR count). The summed E-state index contributed by atoms with van der Waals surface area (Å²) in [6.45, 7) is 0.884. The molecule has 0 amide bonds. The average Bonchev–Trinajstić information content (AvgIpc) is 3.04. The fraction of sp³-hybridized carbons (Fsp3) is 0.200. The lowest BCUT2D eigenvalue weighted by atomic mass is 9.74. The molecule has 1 heterocycles. The summed E-state index contributed by atoms with van der Waals surface area (Å²) in [5.41, 5.74) is 8.52. The maximum absolute atomic E-state index is 6.30. The van der Waals surface area contributed by atoms with Crippen LogP contribution in [0.25, 0.3) is 0 Å². The Morgan fingerprint density at radius 1 is 1.04 bits per heavy atom. The van der Waals surface area contributed by atoms with Crippen LogP contribution in [-0.2, 0) is 0 Å². The minimum Gasteiger partial charge on any atom is -0.309 e. The van der Waals surface area contributed by atoms with Gasteiger partial charge in [-0.15, -0.1) is 0 Å².